The lowest BCUT2D eigenvalue weighted by atomic mass is 10.2. The van der Waals surface area contributed by atoms with E-state index in [1.807, 2.05) is 24.3 Å². The number of rotatable bonds is 6. The normalized spacial score (nSPS) is 12.4. The second kappa shape index (κ2) is 8.31. The van der Waals surface area contributed by atoms with Crippen molar-refractivity contribution < 1.29 is 5.11 Å². The monoisotopic (exact) mass is 453 g/mol. The van der Waals surface area contributed by atoms with Gasteiger partial charge in [0.2, 0.25) is 5.88 Å². The average molecular weight is 454 g/mol. The summed E-state index contributed by atoms with van der Waals surface area (Å²) in [6, 6.07) is 7.36. The van der Waals surface area contributed by atoms with Crippen LogP contribution < -0.4 is 11.2 Å². The zero-order valence-corrected chi connectivity index (χ0v) is 18.2. The molecular weight excluding hydrogens is 434 g/mol. The van der Waals surface area contributed by atoms with Crippen molar-refractivity contribution in [2.24, 2.45) is 17.3 Å². The number of halogens is 1. The summed E-state index contributed by atoms with van der Waals surface area (Å²) in [6.07, 6.45) is 3.35. The Morgan fingerprint density at radius 1 is 1.25 bits per heavy atom. The number of aromatic hydroxyl groups is 1. The van der Waals surface area contributed by atoms with Crippen LogP contribution in [0.1, 0.15) is 6.92 Å². The molecule has 0 aliphatic carbocycles. The van der Waals surface area contributed by atoms with Gasteiger partial charge in [-0.3, -0.25) is 18.9 Å². The predicted molar refractivity (Wildman–Crippen MR) is 123 cm³/mol. The Balaban J connectivity index is 1.94. The van der Waals surface area contributed by atoms with Gasteiger partial charge in [0.25, 0.3) is 11.5 Å². The number of hydrogen-bond donors (Lipinski definition) is 2. The minimum absolute atomic E-state index is 0.0701. The van der Waals surface area contributed by atoms with Crippen molar-refractivity contribution in [3.05, 3.63) is 68.9 Å². The summed E-state index contributed by atoms with van der Waals surface area (Å²) in [5.74, 6) is 0.0140. The molecule has 10 nitrogen and oxygen atoms in total. The number of para-hydroxylation sites is 1. The number of nitrogens with one attached hydrogen (secondary N) is 1. The number of nitrogens with zero attached hydrogens (tertiary/aromatic N) is 6. The Morgan fingerprint density at radius 2 is 2.00 bits per heavy atom. The van der Waals surface area contributed by atoms with Gasteiger partial charge in [-0.1, -0.05) is 42.0 Å². The van der Waals surface area contributed by atoms with Crippen LogP contribution >= 0.6 is 11.6 Å². The lowest BCUT2D eigenvalue weighted by molar-refractivity contribution is 0.431. The molecule has 0 atom stereocenters. The fourth-order valence-electron chi connectivity index (χ4n) is 3.47. The molecule has 4 aromatic rings. The molecule has 0 bridgehead atoms. The van der Waals surface area contributed by atoms with Crippen LogP contribution in [0.3, 0.4) is 0 Å². The first-order chi connectivity index (χ1) is 15.3. The molecule has 0 saturated heterocycles. The van der Waals surface area contributed by atoms with Crippen LogP contribution in [-0.4, -0.2) is 28.8 Å². The van der Waals surface area contributed by atoms with Crippen molar-refractivity contribution in [3.63, 3.8) is 0 Å². The molecule has 0 fully saturated rings. The van der Waals surface area contributed by atoms with Crippen LogP contribution in [0.4, 0.5) is 11.6 Å². The number of aromatic nitrogens is 5. The molecule has 3 aromatic heterocycles. The van der Waals surface area contributed by atoms with Crippen molar-refractivity contribution in [3.8, 4) is 5.88 Å². The molecule has 11 heteroatoms. The number of benzene rings is 1. The van der Waals surface area contributed by atoms with Gasteiger partial charge in [-0.25, -0.2) is 4.79 Å². The third kappa shape index (κ3) is 3.54. The number of imidazole rings is 1. The van der Waals surface area contributed by atoms with Gasteiger partial charge in [-0.15, -0.1) is 16.8 Å². The number of fused-ring (bicyclic) bond motifs is 2. The molecule has 32 heavy (non-hydrogen) atoms. The zero-order chi connectivity index (χ0) is 23.0. The van der Waals surface area contributed by atoms with Gasteiger partial charge in [-0.2, -0.15) is 4.98 Å². The maximum absolute atomic E-state index is 12.5. The first kappa shape index (κ1) is 21.3. The summed E-state index contributed by atoms with van der Waals surface area (Å²) in [4.78, 5) is 31.1. The molecule has 0 radical (unpaired) electrons. The van der Waals surface area contributed by atoms with Crippen LogP contribution in [0.25, 0.3) is 22.1 Å². The first-order valence-corrected chi connectivity index (χ1v) is 10.1. The highest BCUT2D eigenvalue weighted by Crippen LogP contribution is 2.39. The standard InChI is InChI=1S/C21H20ClN7O3/c1-4-10-28-14-8-6-5-7-13(14)15(19(28)31)25-26-20-23-17-16(29(20)11-9-12(2)22)18(30)24-21(32)27(17)3/h4-9,31H,1,10-11H2,2-3H3,(H,24,30,32)/b12-9-,26-25?. The quantitative estimate of drug-likeness (QED) is 0.340. The number of hydrogen-bond acceptors (Lipinski definition) is 6. The molecular formula is C21H20ClN7O3. The van der Waals surface area contributed by atoms with Crippen molar-refractivity contribution in [2.75, 3.05) is 0 Å². The Kier molecular flexibility index (Phi) is 5.54. The molecule has 1 aromatic carbocycles. The van der Waals surface area contributed by atoms with Crippen molar-refractivity contribution in [1.29, 1.82) is 0 Å². The van der Waals surface area contributed by atoms with Gasteiger partial charge in [0.05, 0.1) is 5.52 Å². The molecule has 0 saturated carbocycles. The summed E-state index contributed by atoms with van der Waals surface area (Å²) in [7, 11) is 1.50. The molecule has 3 heterocycles. The third-order valence-electron chi connectivity index (χ3n) is 5.01. The molecule has 2 N–H and O–H groups in total. The van der Waals surface area contributed by atoms with Crippen LogP contribution in [0.15, 0.2) is 67.8 Å². The number of aryl methyl sites for hydroxylation is 1. The Bertz CT molecular complexity index is 1530. The number of H-pyrrole nitrogens is 1. The van der Waals surface area contributed by atoms with E-state index in [1.54, 1.807) is 23.6 Å². The van der Waals surface area contributed by atoms with E-state index >= 15 is 0 Å². The minimum Gasteiger partial charge on any atom is -0.493 e. The largest absolute Gasteiger partial charge is 0.493 e. The van der Waals surface area contributed by atoms with Gasteiger partial charge < -0.3 is 9.67 Å². The molecule has 164 valence electrons. The van der Waals surface area contributed by atoms with E-state index in [0.717, 1.165) is 5.52 Å². The predicted octanol–water partition coefficient (Wildman–Crippen LogP) is 3.83. The Hall–Kier alpha value is -3.92. The van der Waals surface area contributed by atoms with E-state index in [4.69, 9.17) is 11.6 Å². The number of aromatic amines is 1. The van der Waals surface area contributed by atoms with Crippen molar-refractivity contribution in [1.82, 2.24) is 23.7 Å². The van der Waals surface area contributed by atoms with E-state index in [-0.39, 0.29) is 35.2 Å². The minimum atomic E-state index is -0.594. The molecule has 0 amide bonds. The number of allylic oxidation sites excluding steroid dienone is 3. The van der Waals surface area contributed by atoms with E-state index < -0.39 is 11.2 Å². The van der Waals surface area contributed by atoms with E-state index in [9.17, 15) is 14.7 Å². The average Bonchev–Trinajstić information content (AvgIpc) is 3.25. The van der Waals surface area contributed by atoms with E-state index in [2.05, 4.69) is 26.8 Å². The van der Waals surface area contributed by atoms with Gasteiger partial charge >= 0.3 is 5.69 Å². The summed E-state index contributed by atoms with van der Waals surface area (Å²) in [5, 5.41) is 20.4. The van der Waals surface area contributed by atoms with Crippen LogP contribution in [0, 0.1) is 0 Å². The van der Waals surface area contributed by atoms with Crippen LogP contribution in [-0.2, 0) is 20.1 Å². The van der Waals surface area contributed by atoms with Crippen LogP contribution in [0.2, 0.25) is 0 Å². The lowest BCUT2D eigenvalue weighted by Gasteiger charge is -2.03. The summed E-state index contributed by atoms with van der Waals surface area (Å²) < 4.78 is 4.38. The van der Waals surface area contributed by atoms with Gasteiger partial charge in [0.1, 0.15) is 0 Å². The summed E-state index contributed by atoms with van der Waals surface area (Å²) >= 11 is 5.97. The molecule has 0 spiro atoms. The SMILES string of the molecule is C=CCn1c(O)c(N=Nc2nc3c(c(=O)[nH]c(=O)n3C)n2C/C=C(/C)Cl)c2ccccc21. The maximum Gasteiger partial charge on any atom is 0.329 e. The summed E-state index contributed by atoms with van der Waals surface area (Å²) in [6.45, 7) is 6.00. The highest BCUT2D eigenvalue weighted by atomic mass is 35.5. The fourth-order valence-corrected chi connectivity index (χ4v) is 3.54. The first-order valence-electron chi connectivity index (χ1n) is 9.68. The van der Waals surface area contributed by atoms with Gasteiger partial charge in [0.15, 0.2) is 16.9 Å². The smallest absolute Gasteiger partial charge is 0.329 e. The highest BCUT2D eigenvalue weighted by Gasteiger charge is 2.19. The van der Waals surface area contributed by atoms with Gasteiger partial charge in [0, 0.05) is 30.6 Å². The van der Waals surface area contributed by atoms with Crippen molar-refractivity contribution >= 4 is 45.3 Å². The molecule has 0 aliphatic rings. The Labute approximate surface area is 186 Å². The second-order valence-corrected chi connectivity index (χ2v) is 7.69. The summed E-state index contributed by atoms with van der Waals surface area (Å²) in [5.41, 5.74) is 0.160. The molecule has 0 aliphatic heterocycles. The van der Waals surface area contributed by atoms with Gasteiger partial charge in [-0.05, 0) is 13.0 Å². The number of azo groups is 1. The molecule has 4 rings (SSSR count). The van der Waals surface area contributed by atoms with Crippen molar-refractivity contribution in [2.45, 2.75) is 20.0 Å². The van der Waals surface area contributed by atoms with E-state index in [1.165, 1.54) is 16.2 Å². The third-order valence-corrected chi connectivity index (χ3v) is 5.16. The Morgan fingerprint density at radius 3 is 2.72 bits per heavy atom. The second-order valence-electron chi connectivity index (χ2n) is 7.09. The zero-order valence-electron chi connectivity index (χ0n) is 17.4. The topological polar surface area (TPSA) is 123 Å². The fraction of sp³-hybridized carbons (Fsp3) is 0.190. The van der Waals surface area contributed by atoms with E-state index in [0.29, 0.717) is 17.0 Å². The molecule has 0 unspecified atom stereocenters. The highest BCUT2D eigenvalue weighted by molar-refractivity contribution is 6.29. The van der Waals surface area contributed by atoms with Crippen LogP contribution in [0.5, 0.6) is 5.88 Å². The maximum atomic E-state index is 12.5. The lowest BCUT2D eigenvalue weighted by Crippen LogP contribution is -2.29.